The molecule has 0 bridgehead atoms. The third kappa shape index (κ3) is 3.54. The fourth-order valence-electron chi connectivity index (χ4n) is 2.87. The average molecular weight is 366 g/mol. The van der Waals surface area contributed by atoms with Gasteiger partial charge in [-0.25, -0.2) is 0 Å². The molecule has 3 heterocycles. The van der Waals surface area contributed by atoms with E-state index >= 15 is 0 Å². The lowest BCUT2D eigenvalue weighted by molar-refractivity contribution is 0.239. The maximum Gasteiger partial charge on any atom is 0.0873 e. The van der Waals surface area contributed by atoms with E-state index in [1.807, 2.05) is 23.6 Å². The summed E-state index contributed by atoms with van der Waals surface area (Å²) in [7, 11) is 0. The minimum Gasteiger partial charge on any atom is -0.315 e. The van der Waals surface area contributed by atoms with Crippen molar-refractivity contribution >= 4 is 27.3 Å². The number of halogens is 1. The van der Waals surface area contributed by atoms with Crippen LogP contribution in [0.15, 0.2) is 34.2 Å². The lowest BCUT2D eigenvalue weighted by atomic mass is 10.0. The molecule has 1 fully saturated rings. The van der Waals surface area contributed by atoms with Crippen LogP contribution < -0.4 is 5.32 Å². The van der Waals surface area contributed by atoms with Crippen LogP contribution in [0.3, 0.4) is 0 Å². The van der Waals surface area contributed by atoms with Crippen LogP contribution in [-0.2, 0) is 0 Å². The molecule has 5 heteroatoms. The summed E-state index contributed by atoms with van der Waals surface area (Å²) in [6, 6.07) is 8.81. The van der Waals surface area contributed by atoms with Crippen LogP contribution in [0.5, 0.6) is 0 Å². The van der Waals surface area contributed by atoms with E-state index in [1.54, 1.807) is 0 Å². The van der Waals surface area contributed by atoms with Gasteiger partial charge in [-0.3, -0.25) is 9.88 Å². The number of rotatable bonds is 3. The normalized spacial score (nSPS) is 18.4. The predicted octanol–water partition coefficient (Wildman–Crippen LogP) is 3.60. The Balaban J connectivity index is 2.00. The Kier molecular flexibility index (Phi) is 5.06. The second-order valence-electron chi connectivity index (χ2n) is 5.39. The van der Waals surface area contributed by atoms with Gasteiger partial charge in [0.25, 0.3) is 0 Å². The largest absolute Gasteiger partial charge is 0.315 e. The maximum atomic E-state index is 4.70. The van der Waals surface area contributed by atoms with Crippen LogP contribution in [-0.4, -0.2) is 36.1 Å². The average Bonchev–Trinajstić information content (AvgIpc) is 2.74. The summed E-state index contributed by atoms with van der Waals surface area (Å²) in [6.45, 7) is 6.50. The van der Waals surface area contributed by atoms with E-state index < -0.39 is 0 Å². The van der Waals surface area contributed by atoms with Crippen LogP contribution in [0.4, 0.5) is 0 Å². The molecule has 0 aliphatic carbocycles. The van der Waals surface area contributed by atoms with E-state index in [9.17, 15) is 0 Å². The molecule has 112 valence electrons. The highest BCUT2D eigenvalue weighted by Crippen LogP contribution is 2.35. The molecule has 1 aliphatic heterocycles. The van der Waals surface area contributed by atoms with Crippen molar-refractivity contribution in [1.29, 1.82) is 0 Å². The fraction of sp³-hybridized carbons (Fsp3) is 0.438. The first kappa shape index (κ1) is 15.2. The van der Waals surface area contributed by atoms with Gasteiger partial charge in [0, 0.05) is 30.7 Å². The molecule has 0 amide bonds. The molecule has 3 rings (SSSR count). The highest BCUT2D eigenvalue weighted by atomic mass is 79.9. The third-order valence-electron chi connectivity index (χ3n) is 3.91. The molecule has 1 atom stereocenters. The Morgan fingerprint density at radius 3 is 2.95 bits per heavy atom. The first-order chi connectivity index (χ1) is 10.3. The van der Waals surface area contributed by atoms with Gasteiger partial charge >= 0.3 is 0 Å². The zero-order valence-electron chi connectivity index (χ0n) is 12.2. The first-order valence-corrected chi connectivity index (χ1v) is 8.98. The number of thiophene rings is 1. The molecule has 0 radical (unpaired) electrons. The smallest absolute Gasteiger partial charge is 0.0873 e. The number of nitrogens with zero attached hydrogens (tertiary/aromatic N) is 2. The summed E-state index contributed by atoms with van der Waals surface area (Å²) < 4.78 is 1.18. The van der Waals surface area contributed by atoms with Crippen LogP contribution in [0, 0.1) is 6.92 Å². The van der Waals surface area contributed by atoms with E-state index in [-0.39, 0.29) is 6.04 Å². The standard InChI is InChI=1S/C16H20BrN3S/c1-12-4-2-8-19-15(12)16(13-5-6-14(17)21-13)20-10-3-7-18-9-11-20/h2,4-6,8,16,18H,3,7,9-11H2,1H3. The van der Waals surface area contributed by atoms with Gasteiger partial charge in [0.15, 0.2) is 0 Å². The van der Waals surface area contributed by atoms with Gasteiger partial charge in [-0.05, 0) is 59.6 Å². The molecule has 21 heavy (non-hydrogen) atoms. The molecule has 1 saturated heterocycles. The second-order valence-corrected chi connectivity index (χ2v) is 7.88. The Morgan fingerprint density at radius 2 is 2.19 bits per heavy atom. The Morgan fingerprint density at radius 1 is 1.29 bits per heavy atom. The van der Waals surface area contributed by atoms with Crippen molar-refractivity contribution in [2.24, 2.45) is 0 Å². The summed E-state index contributed by atoms with van der Waals surface area (Å²) in [5.74, 6) is 0. The molecule has 1 aliphatic rings. The van der Waals surface area contributed by atoms with Crippen molar-refractivity contribution in [2.45, 2.75) is 19.4 Å². The van der Waals surface area contributed by atoms with Gasteiger partial charge in [-0.1, -0.05) is 6.07 Å². The molecular formula is C16H20BrN3S. The van der Waals surface area contributed by atoms with Crippen LogP contribution in [0.1, 0.15) is 28.6 Å². The molecular weight excluding hydrogens is 346 g/mol. The van der Waals surface area contributed by atoms with Gasteiger partial charge in [-0.15, -0.1) is 11.3 Å². The number of pyridine rings is 1. The number of hydrogen-bond donors (Lipinski definition) is 1. The number of nitrogens with one attached hydrogen (secondary N) is 1. The summed E-state index contributed by atoms with van der Waals surface area (Å²) in [4.78, 5) is 8.63. The van der Waals surface area contributed by atoms with Crippen LogP contribution >= 0.6 is 27.3 Å². The minimum atomic E-state index is 0.266. The maximum absolute atomic E-state index is 4.70. The summed E-state index contributed by atoms with van der Waals surface area (Å²) in [5, 5.41) is 3.49. The van der Waals surface area contributed by atoms with Gasteiger partial charge in [0.05, 0.1) is 15.5 Å². The van der Waals surface area contributed by atoms with Crippen molar-refractivity contribution < 1.29 is 0 Å². The second kappa shape index (κ2) is 7.01. The first-order valence-electron chi connectivity index (χ1n) is 7.37. The summed E-state index contributed by atoms with van der Waals surface area (Å²) >= 11 is 5.41. The SMILES string of the molecule is Cc1cccnc1C(c1ccc(Br)s1)N1CCCNCC1. The zero-order chi connectivity index (χ0) is 14.7. The number of hydrogen-bond acceptors (Lipinski definition) is 4. The topological polar surface area (TPSA) is 28.2 Å². The Labute approximate surface area is 138 Å². The Bertz CT molecular complexity index is 591. The molecule has 2 aromatic rings. The lowest BCUT2D eigenvalue weighted by Crippen LogP contribution is -2.33. The van der Waals surface area contributed by atoms with Crippen LogP contribution in [0.25, 0.3) is 0 Å². The minimum absolute atomic E-state index is 0.266. The monoisotopic (exact) mass is 365 g/mol. The van der Waals surface area contributed by atoms with Crippen LogP contribution in [0.2, 0.25) is 0 Å². The molecule has 3 nitrogen and oxygen atoms in total. The van der Waals surface area contributed by atoms with Gasteiger partial charge in [-0.2, -0.15) is 0 Å². The van der Waals surface area contributed by atoms with Crippen molar-refractivity contribution in [1.82, 2.24) is 15.2 Å². The predicted molar refractivity (Wildman–Crippen MR) is 91.9 cm³/mol. The van der Waals surface area contributed by atoms with Crippen molar-refractivity contribution in [3.05, 3.63) is 50.4 Å². The number of aryl methyl sites for hydroxylation is 1. The molecule has 2 aromatic heterocycles. The van der Waals surface area contributed by atoms with Gasteiger partial charge in [0.2, 0.25) is 0 Å². The summed E-state index contributed by atoms with van der Waals surface area (Å²) in [6.07, 6.45) is 3.10. The molecule has 1 unspecified atom stereocenters. The summed E-state index contributed by atoms with van der Waals surface area (Å²) in [5.41, 5.74) is 2.46. The molecule has 1 N–H and O–H groups in total. The van der Waals surface area contributed by atoms with Crippen molar-refractivity contribution in [3.8, 4) is 0 Å². The van der Waals surface area contributed by atoms with E-state index in [1.165, 1.54) is 26.3 Å². The highest BCUT2D eigenvalue weighted by Gasteiger charge is 2.26. The third-order valence-corrected chi connectivity index (χ3v) is 5.59. The van der Waals surface area contributed by atoms with Gasteiger partial charge < -0.3 is 5.32 Å². The van der Waals surface area contributed by atoms with E-state index in [4.69, 9.17) is 4.98 Å². The number of aromatic nitrogens is 1. The van der Waals surface area contributed by atoms with E-state index in [2.05, 4.69) is 51.3 Å². The van der Waals surface area contributed by atoms with Crippen molar-refractivity contribution in [3.63, 3.8) is 0 Å². The molecule has 0 aromatic carbocycles. The fourth-order valence-corrected chi connectivity index (χ4v) is 4.43. The van der Waals surface area contributed by atoms with Gasteiger partial charge in [0.1, 0.15) is 0 Å². The Hall–Kier alpha value is -0.750. The quantitative estimate of drug-likeness (QED) is 0.900. The molecule has 0 spiro atoms. The van der Waals surface area contributed by atoms with E-state index in [0.717, 1.165) is 26.2 Å². The van der Waals surface area contributed by atoms with E-state index in [0.29, 0.717) is 0 Å². The molecule has 0 saturated carbocycles. The zero-order valence-corrected chi connectivity index (χ0v) is 14.6. The highest BCUT2D eigenvalue weighted by molar-refractivity contribution is 9.11. The van der Waals surface area contributed by atoms with Crippen molar-refractivity contribution in [2.75, 3.05) is 26.2 Å². The lowest BCUT2D eigenvalue weighted by Gasteiger charge is -2.30.